The van der Waals surface area contributed by atoms with Gasteiger partial charge in [0.15, 0.2) is 0 Å². The van der Waals surface area contributed by atoms with Crippen LogP contribution in [0.25, 0.3) is 0 Å². The number of rotatable bonds is 3. The molecule has 0 aromatic carbocycles. The summed E-state index contributed by atoms with van der Waals surface area (Å²) in [5, 5.41) is 4.40. The van der Waals surface area contributed by atoms with Crippen LogP contribution in [-0.4, -0.2) is 28.3 Å². The van der Waals surface area contributed by atoms with Crippen molar-refractivity contribution in [1.82, 2.24) is 9.97 Å². The summed E-state index contributed by atoms with van der Waals surface area (Å²) in [7, 11) is 0. The number of nitrogens with one attached hydrogen (secondary N) is 1. The van der Waals surface area contributed by atoms with E-state index in [0.717, 1.165) is 23.7 Å². The van der Waals surface area contributed by atoms with Crippen molar-refractivity contribution in [2.45, 2.75) is 42.8 Å². The van der Waals surface area contributed by atoms with Crippen molar-refractivity contribution in [1.29, 1.82) is 0 Å². The fourth-order valence-corrected chi connectivity index (χ4v) is 2.44. The molecule has 1 heterocycles. The van der Waals surface area contributed by atoms with E-state index < -0.39 is 0 Å². The molecule has 88 valence electrons. The first kappa shape index (κ1) is 11.7. The van der Waals surface area contributed by atoms with Crippen molar-refractivity contribution in [3.63, 3.8) is 0 Å². The van der Waals surface area contributed by atoms with Crippen LogP contribution in [0.15, 0.2) is 17.4 Å². The number of anilines is 1. The molecule has 3 N–H and O–H groups in total. The molecule has 2 atom stereocenters. The van der Waals surface area contributed by atoms with Crippen LogP contribution in [0.2, 0.25) is 0 Å². The summed E-state index contributed by atoms with van der Waals surface area (Å²) >= 11 is 1.62. The monoisotopic (exact) mass is 238 g/mol. The third kappa shape index (κ3) is 2.86. The molecule has 0 bridgehead atoms. The molecule has 2 unspecified atom stereocenters. The van der Waals surface area contributed by atoms with E-state index in [1.807, 2.05) is 12.3 Å². The maximum atomic E-state index is 6.09. The lowest BCUT2D eigenvalue weighted by Crippen LogP contribution is -2.42. The molecule has 16 heavy (non-hydrogen) atoms. The van der Waals surface area contributed by atoms with Crippen molar-refractivity contribution >= 4 is 17.6 Å². The van der Waals surface area contributed by atoms with Gasteiger partial charge in [0.1, 0.15) is 17.2 Å². The van der Waals surface area contributed by atoms with E-state index in [9.17, 15) is 0 Å². The Morgan fingerprint density at radius 2 is 2.19 bits per heavy atom. The molecular weight excluding hydrogens is 220 g/mol. The Morgan fingerprint density at radius 1 is 1.38 bits per heavy atom. The van der Waals surface area contributed by atoms with Crippen molar-refractivity contribution in [3.05, 3.63) is 12.4 Å². The molecule has 1 aromatic rings. The number of hydrogen-bond donors (Lipinski definition) is 2. The summed E-state index contributed by atoms with van der Waals surface area (Å²) < 4.78 is 0. The molecule has 2 rings (SSSR count). The molecule has 1 aromatic heterocycles. The molecule has 0 radical (unpaired) electrons. The third-order valence-electron chi connectivity index (χ3n) is 3.00. The minimum absolute atomic E-state index is 0.251. The topological polar surface area (TPSA) is 63.8 Å². The highest BCUT2D eigenvalue weighted by molar-refractivity contribution is 7.98. The molecule has 0 saturated heterocycles. The SMILES string of the molecule is CSc1cc(NC2CCCCC2N)ncn1. The molecule has 1 aliphatic carbocycles. The van der Waals surface area contributed by atoms with Gasteiger partial charge in [0, 0.05) is 18.2 Å². The number of nitrogens with two attached hydrogens (primary N) is 1. The van der Waals surface area contributed by atoms with Crippen molar-refractivity contribution in [2.24, 2.45) is 5.73 Å². The van der Waals surface area contributed by atoms with Gasteiger partial charge in [-0.1, -0.05) is 12.8 Å². The predicted octanol–water partition coefficient (Wildman–Crippen LogP) is 1.88. The molecule has 1 fully saturated rings. The van der Waals surface area contributed by atoms with Crippen LogP contribution in [-0.2, 0) is 0 Å². The maximum absolute atomic E-state index is 6.09. The maximum Gasteiger partial charge on any atom is 0.130 e. The van der Waals surface area contributed by atoms with Gasteiger partial charge in [0.05, 0.1) is 0 Å². The van der Waals surface area contributed by atoms with Gasteiger partial charge in [0.2, 0.25) is 0 Å². The second kappa shape index (κ2) is 5.50. The van der Waals surface area contributed by atoms with Crippen LogP contribution in [0.3, 0.4) is 0 Å². The summed E-state index contributed by atoms with van der Waals surface area (Å²) in [4.78, 5) is 8.38. The van der Waals surface area contributed by atoms with Gasteiger partial charge in [0.25, 0.3) is 0 Å². The van der Waals surface area contributed by atoms with E-state index >= 15 is 0 Å². The van der Waals surface area contributed by atoms with Gasteiger partial charge in [-0.3, -0.25) is 0 Å². The van der Waals surface area contributed by atoms with Crippen LogP contribution in [0.5, 0.6) is 0 Å². The lowest BCUT2D eigenvalue weighted by Gasteiger charge is -2.29. The first-order chi connectivity index (χ1) is 7.79. The van der Waals surface area contributed by atoms with Crippen LogP contribution in [0.1, 0.15) is 25.7 Å². The molecular formula is C11H18N4S. The fourth-order valence-electron chi connectivity index (χ4n) is 2.06. The Hall–Kier alpha value is -0.810. The highest BCUT2D eigenvalue weighted by Gasteiger charge is 2.21. The zero-order valence-electron chi connectivity index (χ0n) is 9.52. The minimum Gasteiger partial charge on any atom is -0.366 e. The summed E-state index contributed by atoms with van der Waals surface area (Å²) in [5.74, 6) is 0.890. The number of hydrogen-bond acceptors (Lipinski definition) is 5. The largest absolute Gasteiger partial charge is 0.366 e. The normalized spacial score (nSPS) is 25.4. The Bertz CT molecular complexity index is 345. The Balaban J connectivity index is 2.01. The van der Waals surface area contributed by atoms with E-state index in [4.69, 9.17) is 5.73 Å². The molecule has 1 aliphatic rings. The fraction of sp³-hybridized carbons (Fsp3) is 0.636. The van der Waals surface area contributed by atoms with E-state index in [1.54, 1.807) is 18.1 Å². The zero-order valence-corrected chi connectivity index (χ0v) is 10.3. The zero-order chi connectivity index (χ0) is 11.4. The quantitative estimate of drug-likeness (QED) is 0.622. The van der Waals surface area contributed by atoms with Gasteiger partial charge < -0.3 is 11.1 Å². The third-order valence-corrected chi connectivity index (χ3v) is 3.65. The predicted molar refractivity (Wildman–Crippen MR) is 67.7 cm³/mol. The van der Waals surface area contributed by atoms with Gasteiger partial charge in [-0.05, 0) is 19.1 Å². The standard InChI is InChI=1S/C11H18N4S/c1-16-11-6-10(13-7-14-11)15-9-5-3-2-4-8(9)12/h6-9H,2-5,12H2,1H3,(H,13,14,15). The smallest absolute Gasteiger partial charge is 0.130 e. The lowest BCUT2D eigenvalue weighted by atomic mass is 9.91. The van der Waals surface area contributed by atoms with Crippen LogP contribution < -0.4 is 11.1 Å². The molecule has 5 heteroatoms. The Kier molecular flexibility index (Phi) is 4.01. The number of thioether (sulfide) groups is 1. The van der Waals surface area contributed by atoms with Crippen molar-refractivity contribution < 1.29 is 0 Å². The first-order valence-electron chi connectivity index (χ1n) is 5.68. The summed E-state index contributed by atoms with van der Waals surface area (Å²) in [6, 6.07) is 2.59. The summed E-state index contributed by atoms with van der Waals surface area (Å²) in [6.45, 7) is 0. The summed E-state index contributed by atoms with van der Waals surface area (Å²) in [5.41, 5.74) is 6.09. The first-order valence-corrected chi connectivity index (χ1v) is 6.90. The molecule has 0 amide bonds. The highest BCUT2D eigenvalue weighted by atomic mass is 32.2. The Labute approximate surface area is 100 Å². The molecule has 4 nitrogen and oxygen atoms in total. The van der Waals surface area contributed by atoms with Gasteiger partial charge in [-0.15, -0.1) is 11.8 Å². The molecule has 0 aliphatic heterocycles. The van der Waals surface area contributed by atoms with Crippen LogP contribution in [0, 0.1) is 0 Å². The van der Waals surface area contributed by atoms with Crippen LogP contribution in [0.4, 0.5) is 5.82 Å². The second-order valence-electron chi connectivity index (χ2n) is 4.14. The lowest BCUT2D eigenvalue weighted by molar-refractivity contribution is 0.403. The highest BCUT2D eigenvalue weighted by Crippen LogP contribution is 2.21. The van der Waals surface area contributed by atoms with E-state index in [0.29, 0.717) is 6.04 Å². The van der Waals surface area contributed by atoms with E-state index in [2.05, 4.69) is 15.3 Å². The van der Waals surface area contributed by atoms with Gasteiger partial charge >= 0.3 is 0 Å². The van der Waals surface area contributed by atoms with Gasteiger partial charge in [-0.25, -0.2) is 9.97 Å². The number of aromatic nitrogens is 2. The average Bonchev–Trinajstić information content (AvgIpc) is 2.32. The second-order valence-corrected chi connectivity index (χ2v) is 4.97. The van der Waals surface area contributed by atoms with Crippen molar-refractivity contribution in [2.75, 3.05) is 11.6 Å². The van der Waals surface area contributed by atoms with Crippen molar-refractivity contribution in [3.8, 4) is 0 Å². The Morgan fingerprint density at radius 3 is 2.94 bits per heavy atom. The number of nitrogens with zero attached hydrogens (tertiary/aromatic N) is 2. The summed E-state index contributed by atoms with van der Waals surface area (Å²) in [6.07, 6.45) is 8.36. The molecule has 0 spiro atoms. The average molecular weight is 238 g/mol. The van der Waals surface area contributed by atoms with Gasteiger partial charge in [-0.2, -0.15) is 0 Å². The minimum atomic E-state index is 0.251. The van der Waals surface area contributed by atoms with E-state index in [-0.39, 0.29) is 6.04 Å². The molecule has 1 saturated carbocycles. The van der Waals surface area contributed by atoms with E-state index in [1.165, 1.54) is 12.8 Å². The van der Waals surface area contributed by atoms with Crippen LogP contribution >= 0.6 is 11.8 Å².